The average molecular weight is 201 g/mol. The molecule has 0 unspecified atom stereocenters. The molecule has 5 nitrogen and oxygen atoms in total. The molecule has 0 aliphatic heterocycles. The zero-order chi connectivity index (χ0) is 11.3. The van der Waals surface area contributed by atoms with E-state index in [0.717, 1.165) is 0 Å². The number of nitrogens with zero attached hydrogens (tertiary/aromatic N) is 3. The zero-order valence-corrected chi connectivity index (χ0v) is 7.75. The highest BCUT2D eigenvalue weighted by Crippen LogP contribution is 2.20. The first-order chi connectivity index (χ1) is 7.19. The van der Waals surface area contributed by atoms with Gasteiger partial charge in [-0.2, -0.15) is 10.5 Å². The van der Waals surface area contributed by atoms with Crippen molar-refractivity contribution >= 4 is 5.69 Å². The summed E-state index contributed by atoms with van der Waals surface area (Å²) >= 11 is 0. The van der Waals surface area contributed by atoms with E-state index in [1.54, 1.807) is 30.3 Å². The average Bonchev–Trinajstić information content (AvgIpc) is 2.26. The van der Waals surface area contributed by atoms with Gasteiger partial charge in [0.1, 0.15) is 5.92 Å². The predicted octanol–water partition coefficient (Wildman–Crippen LogP) is 1.80. The van der Waals surface area contributed by atoms with Crippen LogP contribution in [-0.4, -0.2) is 4.92 Å². The van der Waals surface area contributed by atoms with E-state index in [1.807, 2.05) is 0 Å². The fourth-order valence-electron chi connectivity index (χ4n) is 1.20. The van der Waals surface area contributed by atoms with E-state index < -0.39 is 10.8 Å². The van der Waals surface area contributed by atoms with E-state index in [2.05, 4.69) is 0 Å². The second kappa shape index (κ2) is 4.73. The Morgan fingerprint density at radius 3 is 2.47 bits per heavy atom. The minimum atomic E-state index is -0.842. The van der Waals surface area contributed by atoms with Gasteiger partial charge in [0.15, 0.2) is 0 Å². The maximum atomic E-state index is 10.6. The molecule has 1 rings (SSSR count). The highest BCUT2D eigenvalue weighted by atomic mass is 16.6. The van der Waals surface area contributed by atoms with Crippen molar-refractivity contribution in [3.63, 3.8) is 0 Å². The second-order valence-corrected chi connectivity index (χ2v) is 2.90. The van der Waals surface area contributed by atoms with Crippen molar-refractivity contribution in [2.45, 2.75) is 6.42 Å². The number of hydrogen-bond acceptors (Lipinski definition) is 4. The van der Waals surface area contributed by atoms with Gasteiger partial charge in [-0.25, -0.2) is 0 Å². The van der Waals surface area contributed by atoms with Crippen LogP contribution >= 0.6 is 0 Å². The SMILES string of the molecule is N#CC(C#N)Cc1ccccc1[N+](=O)[O-]. The quantitative estimate of drug-likeness (QED) is 0.550. The highest BCUT2D eigenvalue weighted by Gasteiger charge is 2.16. The summed E-state index contributed by atoms with van der Waals surface area (Å²) in [6.07, 6.45) is 0.0875. The Kier molecular flexibility index (Phi) is 3.37. The van der Waals surface area contributed by atoms with E-state index in [1.165, 1.54) is 6.07 Å². The number of nitro groups is 1. The molecule has 0 aromatic heterocycles. The Morgan fingerprint density at radius 2 is 1.93 bits per heavy atom. The molecule has 0 saturated heterocycles. The molecule has 74 valence electrons. The van der Waals surface area contributed by atoms with Gasteiger partial charge < -0.3 is 0 Å². The summed E-state index contributed by atoms with van der Waals surface area (Å²) in [7, 11) is 0. The van der Waals surface area contributed by atoms with Crippen molar-refractivity contribution in [3.05, 3.63) is 39.9 Å². The molecular weight excluding hydrogens is 194 g/mol. The van der Waals surface area contributed by atoms with Gasteiger partial charge in [-0.3, -0.25) is 10.1 Å². The Balaban J connectivity index is 3.01. The molecule has 0 spiro atoms. The molecule has 0 atom stereocenters. The lowest BCUT2D eigenvalue weighted by Crippen LogP contribution is -2.02. The first-order valence-electron chi connectivity index (χ1n) is 4.20. The van der Waals surface area contributed by atoms with Gasteiger partial charge in [0.2, 0.25) is 0 Å². The van der Waals surface area contributed by atoms with Gasteiger partial charge in [0.25, 0.3) is 5.69 Å². The van der Waals surface area contributed by atoms with Crippen LogP contribution in [0.4, 0.5) is 5.69 Å². The van der Waals surface area contributed by atoms with Gasteiger partial charge in [-0.05, 0) is 0 Å². The first kappa shape index (κ1) is 10.7. The molecule has 1 aromatic rings. The van der Waals surface area contributed by atoms with Crippen LogP contribution in [0.1, 0.15) is 5.56 Å². The summed E-state index contributed by atoms with van der Waals surface area (Å²) in [6.45, 7) is 0. The van der Waals surface area contributed by atoms with Crippen molar-refractivity contribution in [2.24, 2.45) is 5.92 Å². The molecule has 0 heterocycles. The molecule has 15 heavy (non-hydrogen) atoms. The summed E-state index contributed by atoms with van der Waals surface area (Å²) in [4.78, 5) is 10.1. The molecule has 1 aromatic carbocycles. The lowest BCUT2D eigenvalue weighted by Gasteiger charge is -2.01. The van der Waals surface area contributed by atoms with E-state index >= 15 is 0 Å². The zero-order valence-electron chi connectivity index (χ0n) is 7.75. The van der Waals surface area contributed by atoms with Gasteiger partial charge in [-0.1, -0.05) is 18.2 Å². The highest BCUT2D eigenvalue weighted by molar-refractivity contribution is 5.40. The molecule has 0 fully saturated rings. The van der Waals surface area contributed by atoms with E-state index in [4.69, 9.17) is 10.5 Å². The number of rotatable bonds is 3. The third-order valence-electron chi connectivity index (χ3n) is 1.92. The van der Waals surface area contributed by atoms with Gasteiger partial charge in [0, 0.05) is 18.1 Å². The Morgan fingerprint density at radius 1 is 1.33 bits per heavy atom. The van der Waals surface area contributed by atoms with Crippen molar-refractivity contribution in [1.82, 2.24) is 0 Å². The van der Waals surface area contributed by atoms with Crippen molar-refractivity contribution < 1.29 is 4.92 Å². The summed E-state index contributed by atoms with van der Waals surface area (Å²) in [5.74, 6) is -0.842. The molecule has 0 N–H and O–H groups in total. The van der Waals surface area contributed by atoms with Crippen LogP contribution in [0.5, 0.6) is 0 Å². The van der Waals surface area contributed by atoms with Gasteiger partial charge in [-0.15, -0.1) is 0 Å². The molecule has 0 bridgehead atoms. The smallest absolute Gasteiger partial charge is 0.258 e. The fraction of sp³-hybridized carbons (Fsp3) is 0.200. The lowest BCUT2D eigenvalue weighted by molar-refractivity contribution is -0.385. The summed E-state index contributed by atoms with van der Waals surface area (Å²) in [5, 5.41) is 27.8. The number of benzene rings is 1. The molecule has 0 aliphatic carbocycles. The minimum absolute atomic E-state index is 0.0481. The standard InChI is InChI=1S/C10H7N3O2/c11-6-8(7-12)5-9-3-1-2-4-10(9)13(14)15/h1-4,8H,5H2. The molecule has 5 heteroatoms. The van der Waals surface area contributed by atoms with E-state index in [9.17, 15) is 10.1 Å². The minimum Gasteiger partial charge on any atom is -0.258 e. The topological polar surface area (TPSA) is 90.7 Å². The van der Waals surface area contributed by atoms with Crippen LogP contribution in [0.15, 0.2) is 24.3 Å². The predicted molar refractivity (Wildman–Crippen MR) is 51.5 cm³/mol. The Bertz CT molecular complexity index is 442. The van der Waals surface area contributed by atoms with E-state index in [0.29, 0.717) is 5.56 Å². The summed E-state index contributed by atoms with van der Waals surface area (Å²) in [6, 6.07) is 9.68. The molecule has 0 radical (unpaired) electrons. The molecule has 0 aliphatic rings. The Labute approximate surface area is 86.3 Å². The fourth-order valence-corrected chi connectivity index (χ4v) is 1.20. The third-order valence-corrected chi connectivity index (χ3v) is 1.92. The maximum absolute atomic E-state index is 10.6. The van der Waals surface area contributed by atoms with Crippen molar-refractivity contribution in [3.8, 4) is 12.1 Å². The van der Waals surface area contributed by atoms with Crippen LogP contribution in [0, 0.1) is 38.7 Å². The van der Waals surface area contributed by atoms with Crippen LogP contribution in [0.25, 0.3) is 0 Å². The number of nitriles is 2. The van der Waals surface area contributed by atoms with Crippen LogP contribution in [-0.2, 0) is 6.42 Å². The van der Waals surface area contributed by atoms with Crippen molar-refractivity contribution in [1.29, 1.82) is 10.5 Å². The number of para-hydroxylation sites is 1. The maximum Gasteiger partial charge on any atom is 0.272 e. The Hall–Kier alpha value is -2.40. The number of nitro benzene ring substituents is 1. The molecular formula is C10H7N3O2. The summed E-state index contributed by atoms with van der Waals surface area (Å²) < 4.78 is 0. The number of hydrogen-bond donors (Lipinski definition) is 0. The molecule has 0 saturated carbocycles. The lowest BCUT2D eigenvalue weighted by atomic mass is 10.0. The third kappa shape index (κ3) is 2.52. The normalized spacial score (nSPS) is 9.27. The summed E-state index contributed by atoms with van der Waals surface area (Å²) in [5.41, 5.74) is 0.364. The molecule has 0 amide bonds. The largest absolute Gasteiger partial charge is 0.272 e. The van der Waals surface area contributed by atoms with E-state index in [-0.39, 0.29) is 12.1 Å². The van der Waals surface area contributed by atoms with Crippen molar-refractivity contribution in [2.75, 3.05) is 0 Å². The van der Waals surface area contributed by atoms with Crippen LogP contribution in [0.3, 0.4) is 0 Å². The van der Waals surface area contributed by atoms with Gasteiger partial charge >= 0.3 is 0 Å². The van der Waals surface area contributed by atoms with Crippen LogP contribution in [0.2, 0.25) is 0 Å². The van der Waals surface area contributed by atoms with Gasteiger partial charge in [0.05, 0.1) is 17.1 Å². The second-order valence-electron chi connectivity index (χ2n) is 2.90. The first-order valence-corrected chi connectivity index (χ1v) is 4.20. The van der Waals surface area contributed by atoms with Crippen LogP contribution < -0.4 is 0 Å². The monoisotopic (exact) mass is 201 g/mol.